The number of rotatable bonds is 13. The lowest BCUT2D eigenvalue weighted by Gasteiger charge is -2.33. The van der Waals surface area contributed by atoms with Gasteiger partial charge in [-0.25, -0.2) is 4.79 Å². The molecular formula is C29H44O6. The van der Waals surface area contributed by atoms with Gasteiger partial charge >= 0.3 is 11.9 Å². The number of aliphatic hydroxyl groups is 1. The Morgan fingerprint density at radius 2 is 1.94 bits per heavy atom. The lowest BCUT2D eigenvalue weighted by molar-refractivity contribution is -0.154. The van der Waals surface area contributed by atoms with E-state index in [1.165, 1.54) is 12.7 Å². The van der Waals surface area contributed by atoms with E-state index in [-0.39, 0.29) is 36.6 Å². The molecule has 0 heterocycles. The van der Waals surface area contributed by atoms with Gasteiger partial charge in [-0.05, 0) is 86.3 Å². The summed E-state index contributed by atoms with van der Waals surface area (Å²) in [5, 5.41) is 11.0. The summed E-state index contributed by atoms with van der Waals surface area (Å²) in [6, 6.07) is 6.03. The van der Waals surface area contributed by atoms with Crippen LogP contribution in [0.15, 0.2) is 18.2 Å². The lowest BCUT2D eigenvalue weighted by Crippen LogP contribution is -2.29. The maximum atomic E-state index is 12.5. The van der Waals surface area contributed by atoms with Crippen LogP contribution in [0.3, 0.4) is 0 Å². The van der Waals surface area contributed by atoms with Crippen molar-refractivity contribution in [3.8, 4) is 5.75 Å². The zero-order valence-corrected chi connectivity index (χ0v) is 22.0. The Balaban J connectivity index is 1.65. The minimum atomic E-state index is -0.393. The molecule has 2 aliphatic carbocycles. The second-order valence-corrected chi connectivity index (χ2v) is 10.5. The Bertz CT molecular complexity index is 836. The number of carbonyl (C=O) groups is 2. The van der Waals surface area contributed by atoms with Crippen molar-refractivity contribution in [3.63, 3.8) is 0 Å². The molecule has 0 unspecified atom stereocenters. The second-order valence-electron chi connectivity index (χ2n) is 10.5. The molecule has 0 saturated heterocycles. The Kier molecular flexibility index (Phi) is 10.4. The van der Waals surface area contributed by atoms with E-state index in [0.717, 1.165) is 75.5 Å². The van der Waals surface area contributed by atoms with E-state index >= 15 is 0 Å². The van der Waals surface area contributed by atoms with Crippen LogP contribution in [0.25, 0.3) is 0 Å². The average molecular weight is 489 g/mol. The third-order valence-corrected chi connectivity index (χ3v) is 8.17. The quantitative estimate of drug-likeness (QED) is 0.301. The van der Waals surface area contributed by atoms with E-state index < -0.39 is 5.97 Å². The topological polar surface area (TPSA) is 82.1 Å². The summed E-state index contributed by atoms with van der Waals surface area (Å²) < 4.78 is 16.4. The summed E-state index contributed by atoms with van der Waals surface area (Å²) in [5.74, 6) is 1.21. The fourth-order valence-corrected chi connectivity index (χ4v) is 5.84. The highest BCUT2D eigenvalue weighted by molar-refractivity contribution is 5.72. The number of carbonyl (C=O) groups excluding carboxylic acids is 2. The number of hydrogen-bond acceptors (Lipinski definition) is 6. The normalized spacial score (nSPS) is 24.7. The predicted molar refractivity (Wildman–Crippen MR) is 135 cm³/mol. The van der Waals surface area contributed by atoms with Gasteiger partial charge in [0.15, 0.2) is 6.61 Å². The van der Waals surface area contributed by atoms with Gasteiger partial charge in [0.2, 0.25) is 0 Å². The van der Waals surface area contributed by atoms with Gasteiger partial charge < -0.3 is 19.3 Å². The van der Waals surface area contributed by atoms with Crippen molar-refractivity contribution < 1.29 is 28.9 Å². The summed E-state index contributed by atoms with van der Waals surface area (Å²) >= 11 is 0. The molecule has 0 radical (unpaired) electrons. The molecule has 2 aliphatic rings. The molecule has 6 heteroatoms. The van der Waals surface area contributed by atoms with Gasteiger partial charge in [0.05, 0.1) is 19.1 Å². The fraction of sp³-hybridized carbons (Fsp3) is 0.724. The van der Waals surface area contributed by atoms with Crippen LogP contribution in [0.1, 0.15) is 83.3 Å². The first-order chi connectivity index (χ1) is 16.9. The van der Waals surface area contributed by atoms with Crippen LogP contribution < -0.4 is 4.74 Å². The highest BCUT2D eigenvalue weighted by Crippen LogP contribution is 2.48. The molecule has 6 atom stereocenters. The smallest absolute Gasteiger partial charge is 0.343 e. The van der Waals surface area contributed by atoms with Crippen molar-refractivity contribution in [2.24, 2.45) is 23.7 Å². The summed E-state index contributed by atoms with van der Waals surface area (Å²) in [5.41, 5.74) is 2.40. The molecule has 0 aliphatic heterocycles. The van der Waals surface area contributed by atoms with Crippen LogP contribution in [0.2, 0.25) is 0 Å². The number of benzene rings is 1. The van der Waals surface area contributed by atoms with Gasteiger partial charge in [-0.1, -0.05) is 45.7 Å². The SMILES string of the molecule is CCCCC[C@H](CC[C@@H]1[C@H]2Cc3cccc(OCC(=O)OC)c3C[C@H]2C[C@H]1O)OC(=O)[C@@H](C)CC. The van der Waals surface area contributed by atoms with Crippen LogP contribution in [0.5, 0.6) is 5.75 Å². The number of aliphatic hydroxyl groups excluding tert-OH is 1. The molecule has 35 heavy (non-hydrogen) atoms. The summed E-state index contributed by atoms with van der Waals surface area (Å²) in [6.07, 6.45) is 8.87. The highest BCUT2D eigenvalue weighted by atomic mass is 16.6. The molecule has 1 N–H and O–H groups in total. The van der Waals surface area contributed by atoms with E-state index in [9.17, 15) is 14.7 Å². The minimum absolute atomic E-state index is 0.0662. The van der Waals surface area contributed by atoms with E-state index in [1.807, 2.05) is 26.0 Å². The lowest BCUT2D eigenvalue weighted by atomic mass is 9.73. The second kappa shape index (κ2) is 13.3. The number of esters is 2. The maximum absolute atomic E-state index is 12.5. The molecule has 0 bridgehead atoms. The number of ether oxygens (including phenoxy) is 3. The van der Waals surface area contributed by atoms with Gasteiger partial charge in [0.1, 0.15) is 11.9 Å². The van der Waals surface area contributed by atoms with E-state index in [2.05, 4.69) is 13.0 Å². The van der Waals surface area contributed by atoms with Crippen LogP contribution in [-0.4, -0.2) is 43.0 Å². The van der Waals surface area contributed by atoms with Gasteiger partial charge in [-0.2, -0.15) is 0 Å². The molecule has 1 aromatic carbocycles. The van der Waals surface area contributed by atoms with Crippen molar-refractivity contribution in [3.05, 3.63) is 29.3 Å². The van der Waals surface area contributed by atoms with Crippen LogP contribution in [-0.2, 0) is 31.9 Å². The number of unbranched alkanes of at least 4 members (excludes halogenated alkanes) is 2. The van der Waals surface area contributed by atoms with Crippen molar-refractivity contribution >= 4 is 11.9 Å². The predicted octanol–water partition coefficient (Wildman–Crippen LogP) is 5.27. The van der Waals surface area contributed by atoms with Gasteiger partial charge in [-0.3, -0.25) is 4.79 Å². The molecule has 1 fully saturated rings. The summed E-state index contributed by atoms with van der Waals surface area (Å²) in [7, 11) is 1.36. The zero-order chi connectivity index (χ0) is 25.4. The van der Waals surface area contributed by atoms with Gasteiger partial charge in [0.25, 0.3) is 0 Å². The van der Waals surface area contributed by atoms with Crippen molar-refractivity contribution in [1.82, 2.24) is 0 Å². The van der Waals surface area contributed by atoms with E-state index in [1.54, 1.807) is 0 Å². The van der Waals surface area contributed by atoms with Gasteiger partial charge in [-0.15, -0.1) is 0 Å². The fourth-order valence-electron chi connectivity index (χ4n) is 5.84. The third-order valence-electron chi connectivity index (χ3n) is 8.17. The Morgan fingerprint density at radius 3 is 2.66 bits per heavy atom. The van der Waals surface area contributed by atoms with Crippen LogP contribution in [0, 0.1) is 23.7 Å². The molecule has 196 valence electrons. The first kappa shape index (κ1) is 27.5. The first-order valence-electron chi connectivity index (χ1n) is 13.6. The monoisotopic (exact) mass is 488 g/mol. The van der Waals surface area contributed by atoms with E-state index in [4.69, 9.17) is 14.2 Å². The maximum Gasteiger partial charge on any atom is 0.343 e. The number of methoxy groups -OCH3 is 1. The molecule has 1 aromatic rings. The molecule has 0 spiro atoms. The summed E-state index contributed by atoms with van der Waals surface area (Å²) in [4.78, 5) is 24.0. The number of fused-ring (bicyclic) bond motifs is 2. The van der Waals surface area contributed by atoms with Crippen molar-refractivity contribution in [2.45, 2.75) is 97.2 Å². The Labute approximate surface area is 210 Å². The molecule has 6 nitrogen and oxygen atoms in total. The standard InChI is InChI=1S/C29H44O6/c1-5-7-8-11-22(35-29(32)19(3)6-2)13-14-23-24-15-20-10-9-12-27(34-18-28(31)33-4)25(20)16-21(24)17-26(23)30/h9-10,12,19,21-24,26,30H,5-8,11,13-18H2,1-4H3/t19-,21-,22+,23+,24-,26+/m0/s1. The molecular weight excluding hydrogens is 444 g/mol. The molecule has 3 rings (SSSR count). The van der Waals surface area contributed by atoms with Crippen molar-refractivity contribution in [2.75, 3.05) is 13.7 Å². The summed E-state index contributed by atoms with van der Waals surface area (Å²) in [6.45, 7) is 6.03. The van der Waals surface area contributed by atoms with Crippen LogP contribution >= 0.6 is 0 Å². The highest BCUT2D eigenvalue weighted by Gasteiger charge is 2.45. The Morgan fingerprint density at radius 1 is 1.14 bits per heavy atom. The first-order valence-corrected chi connectivity index (χ1v) is 13.6. The molecule has 1 saturated carbocycles. The van der Waals surface area contributed by atoms with Gasteiger partial charge in [0, 0.05) is 0 Å². The molecule has 0 aromatic heterocycles. The Hall–Kier alpha value is -2.08. The van der Waals surface area contributed by atoms with E-state index in [0.29, 0.717) is 11.8 Å². The molecule has 0 amide bonds. The minimum Gasteiger partial charge on any atom is -0.482 e. The zero-order valence-electron chi connectivity index (χ0n) is 22.0. The van der Waals surface area contributed by atoms with Crippen LogP contribution in [0.4, 0.5) is 0 Å². The third kappa shape index (κ3) is 7.22. The average Bonchev–Trinajstić information content (AvgIpc) is 3.17. The largest absolute Gasteiger partial charge is 0.482 e. The number of hydrogen-bond donors (Lipinski definition) is 1. The van der Waals surface area contributed by atoms with Crippen molar-refractivity contribution in [1.29, 1.82) is 0 Å².